The number of H-pyrrole nitrogens is 1. The number of amides is 1. The first kappa shape index (κ1) is 21.2. The van der Waals surface area contributed by atoms with Crippen molar-refractivity contribution in [2.45, 2.75) is 57.8 Å². The zero-order chi connectivity index (χ0) is 22.0. The summed E-state index contributed by atoms with van der Waals surface area (Å²) in [4.78, 5) is 18.7. The van der Waals surface area contributed by atoms with Crippen LogP contribution in [0.2, 0.25) is 0 Å². The van der Waals surface area contributed by atoms with Gasteiger partial charge in [-0.1, -0.05) is 36.4 Å². The number of para-hydroxylation sites is 2. The van der Waals surface area contributed by atoms with E-state index >= 15 is 0 Å². The Bertz CT molecular complexity index is 1040. The number of hydrogen-bond donors (Lipinski definition) is 3. The normalized spacial score (nSPS) is 19.4. The number of nitrogens with two attached hydrogens (primary N) is 1. The van der Waals surface area contributed by atoms with Crippen LogP contribution >= 0.6 is 0 Å². The number of ether oxygens (including phenoxy) is 1. The van der Waals surface area contributed by atoms with Crippen LogP contribution in [0.4, 0.5) is 10.5 Å². The van der Waals surface area contributed by atoms with E-state index in [0.29, 0.717) is 13.1 Å². The van der Waals surface area contributed by atoms with Gasteiger partial charge >= 0.3 is 6.09 Å². The molecule has 1 fully saturated rings. The molecule has 0 radical (unpaired) electrons. The standard InChI is InChI=1S/C25H32N4O2/c1-25(2,3)31-24(30)29-15-9-14-21(27-17-10-5-4-6-11-17)23(29)22-19(16-26)18-12-7-8-13-20(18)28-22/h4-8,10-13,21,23,27-28H,9,14-16,26H2,1-3H3. The van der Waals surface area contributed by atoms with Gasteiger partial charge in [0.2, 0.25) is 0 Å². The molecule has 4 rings (SSSR count). The molecule has 6 heteroatoms. The van der Waals surface area contributed by atoms with Crippen LogP contribution in [-0.4, -0.2) is 34.2 Å². The van der Waals surface area contributed by atoms with Gasteiger partial charge in [0.15, 0.2) is 0 Å². The third-order valence-corrected chi connectivity index (χ3v) is 5.73. The number of fused-ring (bicyclic) bond motifs is 1. The molecule has 1 aromatic heterocycles. The number of piperidine rings is 1. The zero-order valence-electron chi connectivity index (χ0n) is 18.5. The lowest BCUT2D eigenvalue weighted by molar-refractivity contribution is 0.00708. The van der Waals surface area contributed by atoms with E-state index < -0.39 is 5.60 Å². The Morgan fingerprint density at radius 2 is 1.87 bits per heavy atom. The van der Waals surface area contributed by atoms with Crippen LogP contribution in [0.25, 0.3) is 10.9 Å². The fourth-order valence-corrected chi connectivity index (χ4v) is 4.47. The van der Waals surface area contributed by atoms with Gasteiger partial charge in [0.1, 0.15) is 5.60 Å². The molecule has 0 spiro atoms. The Morgan fingerprint density at radius 1 is 1.16 bits per heavy atom. The number of rotatable bonds is 4. The number of nitrogens with one attached hydrogen (secondary N) is 2. The van der Waals surface area contributed by atoms with Gasteiger partial charge in [0.05, 0.1) is 12.1 Å². The Kier molecular flexibility index (Phi) is 5.92. The molecule has 1 amide bonds. The summed E-state index contributed by atoms with van der Waals surface area (Å²) in [6.45, 7) is 6.75. The number of aromatic amines is 1. The molecular weight excluding hydrogens is 388 g/mol. The molecule has 6 nitrogen and oxygen atoms in total. The average molecular weight is 421 g/mol. The van der Waals surface area contributed by atoms with Crippen LogP contribution in [0.1, 0.15) is 50.9 Å². The zero-order valence-corrected chi connectivity index (χ0v) is 18.5. The minimum atomic E-state index is -0.557. The topological polar surface area (TPSA) is 83.4 Å². The van der Waals surface area contributed by atoms with Crippen molar-refractivity contribution >= 4 is 22.7 Å². The first-order valence-corrected chi connectivity index (χ1v) is 11.0. The van der Waals surface area contributed by atoms with Crippen LogP contribution in [0.3, 0.4) is 0 Å². The maximum absolute atomic E-state index is 13.2. The molecule has 2 aromatic carbocycles. The highest BCUT2D eigenvalue weighted by atomic mass is 16.6. The average Bonchev–Trinajstić information content (AvgIpc) is 3.11. The lowest BCUT2D eigenvalue weighted by Crippen LogP contribution is -2.49. The Morgan fingerprint density at radius 3 is 2.58 bits per heavy atom. The summed E-state index contributed by atoms with van der Waals surface area (Å²) >= 11 is 0. The molecule has 4 N–H and O–H groups in total. The van der Waals surface area contributed by atoms with Gasteiger partial charge < -0.3 is 20.8 Å². The fraction of sp³-hybridized carbons (Fsp3) is 0.400. The van der Waals surface area contributed by atoms with Crippen molar-refractivity contribution in [3.8, 4) is 0 Å². The number of carbonyl (C=O) groups excluding carboxylic acids is 1. The van der Waals surface area contributed by atoms with Gasteiger partial charge in [0.25, 0.3) is 0 Å². The second kappa shape index (κ2) is 8.63. The molecule has 2 unspecified atom stereocenters. The van der Waals surface area contributed by atoms with Crippen LogP contribution < -0.4 is 11.1 Å². The first-order chi connectivity index (χ1) is 14.9. The maximum atomic E-state index is 13.2. The maximum Gasteiger partial charge on any atom is 0.410 e. The number of carbonyl (C=O) groups is 1. The first-order valence-electron chi connectivity index (χ1n) is 11.0. The number of aromatic nitrogens is 1. The molecule has 1 aliphatic rings. The largest absolute Gasteiger partial charge is 0.444 e. The van der Waals surface area contributed by atoms with E-state index in [1.165, 1.54) is 0 Å². The van der Waals surface area contributed by atoms with E-state index in [2.05, 4.69) is 34.6 Å². The molecule has 164 valence electrons. The molecule has 2 atom stereocenters. The second-order valence-electron chi connectivity index (χ2n) is 9.14. The number of anilines is 1. The molecule has 1 saturated heterocycles. The lowest BCUT2D eigenvalue weighted by atomic mass is 9.91. The van der Waals surface area contributed by atoms with Crippen LogP contribution in [-0.2, 0) is 11.3 Å². The van der Waals surface area contributed by atoms with Crippen molar-refractivity contribution in [1.82, 2.24) is 9.88 Å². The molecule has 0 bridgehead atoms. The Hall–Kier alpha value is -2.99. The minimum Gasteiger partial charge on any atom is -0.444 e. The van der Waals surface area contributed by atoms with Crippen LogP contribution in [0.15, 0.2) is 54.6 Å². The monoisotopic (exact) mass is 420 g/mol. The van der Waals surface area contributed by atoms with E-state index in [-0.39, 0.29) is 18.2 Å². The molecule has 0 saturated carbocycles. The smallest absolute Gasteiger partial charge is 0.410 e. The second-order valence-corrected chi connectivity index (χ2v) is 9.14. The molecule has 2 heterocycles. The molecule has 0 aliphatic carbocycles. The SMILES string of the molecule is CC(C)(C)OC(=O)N1CCCC(Nc2ccccc2)C1c1[nH]c2ccccc2c1CN. The van der Waals surface area contributed by atoms with Crippen molar-refractivity contribution in [2.75, 3.05) is 11.9 Å². The van der Waals surface area contributed by atoms with E-state index in [1.54, 1.807) is 0 Å². The highest BCUT2D eigenvalue weighted by Gasteiger charge is 2.39. The van der Waals surface area contributed by atoms with Crippen molar-refractivity contribution < 1.29 is 9.53 Å². The van der Waals surface area contributed by atoms with Gasteiger partial charge in [-0.25, -0.2) is 4.79 Å². The van der Waals surface area contributed by atoms with E-state index in [0.717, 1.165) is 40.7 Å². The number of likely N-dealkylation sites (tertiary alicyclic amines) is 1. The predicted octanol–water partition coefficient (Wildman–Crippen LogP) is 5.18. The number of nitrogens with zero attached hydrogens (tertiary/aromatic N) is 1. The van der Waals surface area contributed by atoms with E-state index in [1.807, 2.05) is 56.0 Å². The van der Waals surface area contributed by atoms with Crippen LogP contribution in [0, 0.1) is 0 Å². The van der Waals surface area contributed by atoms with E-state index in [4.69, 9.17) is 10.5 Å². The third kappa shape index (κ3) is 4.54. The van der Waals surface area contributed by atoms with Crippen molar-refractivity contribution in [1.29, 1.82) is 0 Å². The van der Waals surface area contributed by atoms with Crippen molar-refractivity contribution in [2.24, 2.45) is 5.73 Å². The quantitative estimate of drug-likeness (QED) is 0.543. The van der Waals surface area contributed by atoms with Gasteiger partial charge in [0, 0.05) is 35.4 Å². The lowest BCUT2D eigenvalue weighted by Gasteiger charge is -2.42. The van der Waals surface area contributed by atoms with Gasteiger partial charge in [-0.2, -0.15) is 0 Å². The summed E-state index contributed by atoms with van der Waals surface area (Å²) in [5.41, 5.74) is 9.77. The summed E-state index contributed by atoms with van der Waals surface area (Å²) in [5.74, 6) is 0. The minimum absolute atomic E-state index is 0.0297. The van der Waals surface area contributed by atoms with Gasteiger partial charge in [-0.15, -0.1) is 0 Å². The highest BCUT2D eigenvalue weighted by molar-refractivity contribution is 5.85. The third-order valence-electron chi connectivity index (χ3n) is 5.73. The summed E-state index contributed by atoms with van der Waals surface area (Å²) in [7, 11) is 0. The number of benzene rings is 2. The predicted molar refractivity (Wildman–Crippen MR) is 125 cm³/mol. The van der Waals surface area contributed by atoms with Gasteiger partial charge in [-0.3, -0.25) is 4.90 Å². The Labute approximate surface area is 183 Å². The summed E-state index contributed by atoms with van der Waals surface area (Å²) in [6.07, 6.45) is 1.55. The molecular formula is C25H32N4O2. The van der Waals surface area contributed by atoms with Crippen LogP contribution in [0.5, 0.6) is 0 Å². The summed E-state index contributed by atoms with van der Waals surface area (Å²) in [6, 6.07) is 18.1. The Balaban J connectivity index is 1.78. The summed E-state index contributed by atoms with van der Waals surface area (Å²) in [5, 5.41) is 4.77. The van der Waals surface area contributed by atoms with Crippen molar-refractivity contribution in [3.63, 3.8) is 0 Å². The molecule has 31 heavy (non-hydrogen) atoms. The number of hydrogen-bond acceptors (Lipinski definition) is 4. The van der Waals surface area contributed by atoms with Gasteiger partial charge in [-0.05, 0) is 57.4 Å². The summed E-state index contributed by atoms with van der Waals surface area (Å²) < 4.78 is 5.79. The molecule has 3 aromatic rings. The highest BCUT2D eigenvalue weighted by Crippen LogP contribution is 2.38. The van der Waals surface area contributed by atoms with E-state index in [9.17, 15) is 4.79 Å². The van der Waals surface area contributed by atoms with Crippen molar-refractivity contribution in [3.05, 3.63) is 65.9 Å². The molecule has 1 aliphatic heterocycles. The fourth-order valence-electron chi connectivity index (χ4n) is 4.47.